The predicted molar refractivity (Wildman–Crippen MR) is 75.8 cm³/mol. The average Bonchev–Trinajstić information content (AvgIpc) is 2.94. The zero-order chi connectivity index (χ0) is 13.7. The largest absolute Gasteiger partial charge is 0.384 e. The van der Waals surface area contributed by atoms with Crippen LogP contribution in [0.15, 0.2) is 23.1 Å². The Morgan fingerprint density at radius 3 is 2.79 bits per heavy atom. The fraction of sp³-hybridized carbons (Fsp3) is 0.571. The molecule has 19 heavy (non-hydrogen) atoms. The van der Waals surface area contributed by atoms with Gasteiger partial charge in [0.1, 0.15) is 0 Å². The summed E-state index contributed by atoms with van der Waals surface area (Å²) in [5, 5.41) is 3.25. The number of fused-ring (bicyclic) bond motifs is 1. The van der Waals surface area contributed by atoms with Gasteiger partial charge in [0.15, 0.2) is 0 Å². The molecule has 104 valence electrons. The highest BCUT2D eigenvalue weighted by Gasteiger charge is 2.37. The van der Waals surface area contributed by atoms with E-state index in [0.29, 0.717) is 18.0 Å². The number of nitrogens with zero attached hydrogens (tertiary/aromatic N) is 1. The molecule has 0 atom stereocenters. The van der Waals surface area contributed by atoms with E-state index in [4.69, 9.17) is 0 Å². The van der Waals surface area contributed by atoms with Crippen LogP contribution in [-0.2, 0) is 16.4 Å². The second kappa shape index (κ2) is 4.21. The van der Waals surface area contributed by atoms with Gasteiger partial charge in [-0.3, -0.25) is 0 Å². The Kier molecular flexibility index (Phi) is 2.87. The van der Waals surface area contributed by atoms with Gasteiger partial charge in [-0.05, 0) is 42.0 Å². The maximum Gasteiger partial charge on any atom is 0.243 e. The van der Waals surface area contributed by atoms with E-state index in [1.165, 1.54) is 0 Å². The van der Waals surface area contributed by atoms with Crippen molar-refractivity contribution in [3.63, 3.8) is 0 Å². The first-order valence-electron chi connectivity index (χ1n) is 6.75. The summed E-state index contributed by atoms with van der Waals surface area (Å²) in [7, 11) is -3.33. The van der Waals surface area contributed by atoms with Crippen LogP contribution in [0.3, 0.4) is 0 Å². The van der Waals surface area contributed by atoms with Gasteiger partial charge in [-0.25, -0.2) is 8.42 Å². The van der Waals surface area contributed by atoms with E-state index >= 15 is 0 Å². The van der Waals surface area contributed by atoms with Gasteiger partial charge in [0.25, 0.3) is 0 Å². The van der Waals surface area contributed by atoms with Gasteiger partial charge in [0.2, 0.25) is 10.0 Å². The van der Waals surface area contributed by atoms with Gasteiger partial charge >= 0.3 is 0 Å². The highest BCUT2D eigenvalue weighted by molar-refractivity contribution is 7.89. The second-order valence-electron chi connectivity index (χ2n) is 6.25. The molecule has 2 aliphatic rings. The fourth-order valence-corrected chi connectivity index (χ4v) is 4.54. The Balaban J connectivity index is 1.93. The Labute approximate surface area is 114 Å². The number of anilines is 1. The quantitative estimate of drug-likeness (QED) is 0.902. The number of nitrogens with one attached hydrogen (secondary N) is 1. The van der Waals surface area contributed by atoms with Crippen molar-refractivity contribution in [2.45, 2.75) is 31.6 Å². The maximum absolute atomic E-state index is 12.6. The van der Waals surface area contributed by atoms with Crippen molar-refractivity contribution in [3.8, 4) is 0 Å². The number of rotatable bonds is 2. The second-order valence-corrected chi connectivity index (χ2v) is 8.19. The number of sulfonamides is 1. The molecule has 0 radical (unpaired) electrons. The molecule has 3 rings (SSSR count). The molecular weight excluding hydrogens is 260 g/mol. The molecule has 2 aliphatic heterocycles. The summed E-state index contributed by atoms with van der Waals surface area (Å²) < 4.78 is 26.9. The van der Waals surface area contributed by atoms with Gasteiger partial charge < -0.3 is 5.32 Å². The van der Waals surface area contributed by atoms with Crippen LogP contribution < -0.4 is 5.32 Å². The molecule has 1 aromatic rings. The van der Waals surface area contributed by atoms with Gasteiger partial charge in [0, 0.05) is 25.3 Å². The molecule has 4 nitrogen and oxygen atoms in total. The van der Waals surface area contributed by atoms with Crippen LogP contribution >= 0.6 is 0 Å². The molecule has 0 bridgehead atoms. The first-order chi connectivity index (χ1) is 8.88. The SMILES string of the molecule is CC1(C)CCN(S(=O)(=O)c2ccc3c(c2)CCN3)C1. The lowest BCUT2D eigenvalue weighted by Gasteiger charge is -2.20. The third kappa shape index (κ3) is 2.25. The zero-order valence-corrected chi connectivity index (χ0v) is 12.3. The van der Waals surface area contributed by atoms with Crippen molar-refractivity contribution in [2.75, 3.05) is 25.0 Å². The van der Waals surface area contributed by atoms with Crippen molar-refractivity contribution < 1.29 is 8.42 Å². The maximum atomic E-state index is 12.6. The third-order valence-corrected chi connectivity index (χ3v) is 5.91. The molecular formula is C14H20N2O2S. The fourth-order valence-electron chi connectivity index (χ4n) is 2.86. The Bertz CT molecular complexity index is 608. The Morgan fingerprint density at radius 2 is 2.11 bits per heavy atom. The summed E-state index contributed by atoms with van der Waals surface area (Å²) in [6, 6.07) is 5.43. The summed E-state index contributed by atoms with van der Waals surface area (Å²) >= 11 is 0. The van der Waals surface area contributed by atoms with E-state index in [0.717, 1.165) is 30.6 Å². The summed E-state index contributed by atoms with van der Waals surface area (Å²) in [6.07, 6.45) is 1.84. The summed E-state index contributed by atoms with van der Waals surface area (Å²) in [4.78, 5) is 0.438. The average molecular weight is 280 g/mol. The molecule has 0 unspecified atom stereocenters. The van der Waals surface area contributed by atoms with Gasteiger partial charge in [-0.1, -0.05) is 13.8 Å². The number of benzene rings is 1. The minimum Gasteiger partial charge on any atom is -0.384 e. The summed E-state index contributed by atoms with van der Waals surface area (Å²) in [6.45, 7) is 6.38. The van der Waals surface area contributed by atoms with Crippen LogP contribution in [0.4, 0.5) is 5.69 Å². The van der Waals surface area contributed by atoms with Crippen LogP contribution in [0.1, 0.15) is 25.8 Å². The van der Waals surface area contributed by atoms with Crippen molar-refractivity contribution in [1.82, 2.24) is 4.31 Å². The van der Waals surface area contributed by atoms with Crippen LogP contribution in [0.25, 0.3) is 0 Å². The molecule has 1 saturated heterocycles. The van der Waals surface area contributed by atoms with E-state index in [2.05, 4.69) is 19.2 Å². The number of hydrogen-bond acceptors (Lipinski definition) is 3. The predicted octanol–water partition coefficient (Wildman–Crippen LogP) is 2.08. The molecule has 1 fully saturated rings. The highest BCUT2D eigenvalue weighted by atomic mass is 32.2. The van der Waals surface area contributed by atoms with Gasteiger partial charge in [-0.2, -0.15) is 4.31 Å². The Morgan fingerprint density at radius 1 is 1.32 bits per heavy atom. The van der Waals surface area contributed by atoms with E-state index in [-0.39, 0.29) is 5.41 Å². The molecule has 0 aliphatic carbocycles. The lowest BCUT2D eigenvalue weighted by Crippen LogP contribution is -2.30. The summed E-state index contributed by atoms with van der Waals surface area (Å²) in [5.41, 5.74) is 2.27. The van der Waals surface area contributed by atoms with Gasteiger partial charge in [-0.15, -0.1) is 0 Å². The molecule has 0 amide bonds. The molecule has 0 aromatic heterocycles. The van der Waals surface area contributed by atoms with Crippen LogP contribution in [0.2, 0.25) is 0 Å². The van der Waals surface area contributed by atoms with E-state index in [9.17, 15) is 8.42 Å². The topological polar surface area (TPSA) is 49.4 Å². The molecule has 0 saturated carbocycles. The third-order valence-electron chi connectivity index (χ3n) is 4.07. The van der Waals surface area contributed by atoms with Crippen molar-refractivity contribution in [1.29, 1.82) is 0 Å². The highest BCUT2D eigenvalue weighted by Crippen LogP contribution is 2.34. The van der Waals surface area contributed by atoms with Gasteiger partial charge in [0.05, 0.1) is 4.90 Å². The molecule has 2 heterocycles. The lowest BCUT2D eigenvalue weighted by atomic mass is 9.93. The monoisotopic (exact) mass is 280 g/mol. The van der Waals surface area contributed by atoms with E-state index in [1.807, 2.05) is 12.1 Å². The van der Waals surface area contributed by atoms with Crippen LogP contribution in [0, 0.1) is 5.41 Å². The smallest absolute Gasteiger partial charge is 0.243 e. The zero-order valence-electron chi connectivity index (χ0n) is 11.4. The normalized spacial score (nSPS) is 22.2. The van der Waals surface area contributed by atoms with Crippen LogP contribution in [-0.4, -0.2) is 32.4 Å². The van der Waals surface area contributed by atoms with Crippen LogP contribution in [0.5, 0.6) is 0 Å². The Hall–Kier alpha value is -1.07. The van der Waals surface area contributed by atoms with Crippen molar-refractivity contribution >= 4 is 15.7 Å². The number of hydrogen-bond donors (Lipinski definition) is 1. The van der Waals surface area contributed by atoms with Crippen molar-refractivity contribution in [3.05, 3.63) is 23.8 Å². The minimum absolute atomic E-state index is 0.0886. The summed E-state index contributed by atoms with van der Waals surface area (Å²) in [5.74, 6) is 0. The first kappa shape index (κ1) is 12.9. The molecule has 0 spiro atoms. The minimum atomic E-state index is -3.33. The first-order valence-corrected chi connectivity index (χ1v) is 8.19. The molecule has 1 aromatic carbocycles. The van der Waals surface area contributed by atoms with Crippen molar-refractivity contribution in [2.24, 2.45) is 5.41 Å². The standard InChI is InChI=1S/C14H20N2O2S/c1-14(2)6-8-16(10-14)19(17,18)12-3-4-13-11(9-12)5-7-15-13/h3-4,9,15H,5-8,10H2,1-2H3. The lowest BCUT2D eigenvalue weighted by molar-refractivity contribution is 0.375. The molecule has 5 heteroatoms. The molecule has 1 N–H and O–H groups in total. The van der Waals surface area contributed by atoms with E-state index < -0.39 is 10.0 Å². The van der Waals surface area contributed by atoms with E-state index in [1.54, 1.807) is 10.4 Å².